The predicted octanol–water partition coefficient (Wildman–Crippen LogP) is 2.04. The molecule has 0 unspecified atom stereocenters. The highest BCUT2D eigenvalue weighted by Gasteiger charge is 2.10. The van der Waals surface area contributed by atoms with Crippen molar-refractivity contribution in [3.8, 4) is 5.75 Å². The van der Waals surface area contributed by atoms with E-state index in [9.17, 15) is 4.79 Å². The third-order valence-corrected chi connectivity index (χ3v) is 2.14. The van der Waals surface area contributed by atoms with Crippen LogP contribution in [0, 0.1) is 0 Å². The van der Waals surface area contributed by atoms with E-state index in [-0.39, 0.29) is 5.78 Å². The molecule has 4 heteroatoms. The Bertz CT molecular complexity index is 460. The second-order valence-corrected chi connectivity index (χ2v) is 3.22. The lowest BCUT2D eigenvalue weighted by Gasteiger charge is -2.03. The van der Waals surface area contributed by atoms with Gasteiger partial charge in [-0.15, -0.1) is 0 Å². The molecule has 0 fully saturated rings. The predicted molar refractivity (Wildman–Crippen MR) is 59.6 cm³/mol. The molecule has 0 saturated heterocycles. The Labute approximate surface area is 93.3 Å². The van der Waals surface area contributed by atoms with Crippen LogP contribution in [-0.2, 0) is 0 Å². The summed E-state index contributed by atoms with van der Waals surface area (Å²) in [7, 11) is 0. The van der Waals surface area contributed by atoms with Gasteiger partial charge in [-0.2, -0.15) is 0 Å². The van der Waals surface area contributed by atoms with Gasteiger partial charge in [0.25, 0.3) is 0 Å². The first-order chi connectivity index (χ1) is 7.81. The zero-order valence-electron chi connectivity index (χ0n) is 8.93. The van der Waals surface area contributed by atoms with Gasteiger partial charge < -0.3 is 9.72 Å². The summed E-state index contributed by atoms with van der Waals surface area (Å²) in [6, 6.07) is 7.02. The van der Waals surface area contributed by atoms with Gasteiger partial charge in [0.2, 0.25) is 5.78 Å². The smallest absolute Gasteiger partial charge is 0.228 e. The lowest BCUT2D eigenvalue weighted by Crippen LogP contribution is -2.03. The van der Waals surface area contributed by atoms with E-state index in [1.54, 1.807) is 36.7 Å². The molecule has 1 aromatic heterocycles. The molecule has 0 aliphatic heterocycles. The van der Waals surface area contributed by atoms with E-state index in [4.69, 9.17) is 4.74 Å². The number of rotatable bonds is 4. The average molecular weight is 216 g/mol. The van der Waals surface area contributed by atoms with Gasteiger partial charge in [0, 0.05) is 18.0 Å². The van der Waals surface area contributed by atoms with Crippen molar-refractivity contribution in [2.45, 2.75) is 6.92 Å². The molecule has 1 aromatic carbocycles. The summed E-state index contributed by atoms with van der Waals surface area (Å²) in [5, 5.41) is 0. The summed E-state index contributed by atoms with van der Waals surface area (Å²) < 4.78 is 5.30. The van der Waals surface area contributed by atoms with Crippen LogP contribution < -0.4 is 4.74 Å². The molecule has 4 nitrogen and oxygen atoms in total. The van der Waals surface area contributed by atoms with Gasteiger partial charge in [-0.3, -0.25) is 4.79 Å². The number of aromatic amines is 1. The number of nitrogens with zero attached hydrogens (tertiary/aromatic N) is 1. The van der Waals surface area contributed by atoms with E-state index in [1.807, 2.05) is 6.92 Å². The van der Waals surface area contributed by atoms with Crippen LogP contribution in [0.4, 0.5) is 0 Å². The largest absolute Gasteiger partial charge is 0.494 e. The van der Waals surface area contributed by atoms with Gasteiger partial charge in [-0.25, -0.2) is 4.98 Å². The number of hydrogen-bond acceptors (Lipinski definition) is 3. The van der Waals surface area contributed by atoms with Gasteiger partial charge in [0.1, 0.15) is 5.75 Å². The van der Waals surface area contributed by atoms with Crippen molar-refractivity contribution < 1.29 is 9.53 Å². The molecule has 0 bridgehead atoms. The summed E-state index contributed by atoms with van der Waals surface area (Å²) in [4.78, 5) is 18.5. The minimum absolute atomic E-state index is 0.118. The second-order valence-electron chi connectivity index (χ2n) is 3.22. The van der Waals surface area contributed by atoms with E-state index >= 15 is 0 Å². The van der Waals surface area contributed by atoms with E-state index < -0.39 is 0 Å². The summed E-state index contributed by atoms with van der Waals surface area (Å²) >= 11 is 0. The molecule has 0 spiro atoms. The molecule has 0 amide bonds. The van der Waals surface area contributed by atoms with Gasteiger partial charge in [-0.1, -0.05) is 0 Å². The minimum atomic E-state index is -0.118. The van der Waals surface area contributed by atoms with Crippen LogP contribution in [0.2, 0.25) is 0 Å². The van der Waals surface area contributed by atoms with E-state index in [2.05, 4.69) is 9.97 Å². The number of carbonyl (C=O) groups excluding carboxylic acids is 1. The van der Waals surface area contributed by atoms with E-state index in [0.29, 0.717) is 18.0 Å². The van der Waals surface area contributed by atoms with Crippen molar-refractivity contribution in [2.24, 2.45) is 0 Å². The first-order valence-electron chi connectivity index (χ1n) is 5.08. The molecule has 0 aliphatic carbocycles. The third kappa shape index (κ3) is 2.11. The first-order valence-corrected chi connectivity index (χ1v) is 5.08. The lowest BCUT2D eigenvalue weighted by molar-refractivity contribution is 0.103. The number of aromatic nitrogens is 2. The molecule has 0 radical (unpaired) electrons. The molecule has 2 aromatic rings. The molecule has 0 saturated carbocycles. The maximum Gasteiger partial charge on any atom is 0.228 e. The van der Waals surface area contributed by atoms with Crippen LogP contribution in [0.15, 0.2) is 36.7 Å². The number of H-pyrrole nitrogens is 1. The molecular weight excluding hydrogens is 204 g/mol. The van der Waals surface area contributed by atoms with Crippen molar-refractivity contribution in [1.29, 1.82) is 0 Å². The monoisotopic (exact) mass is 216 g/mol. The van der Waals surface area contributed by atoms with Gasteiger partial charge in [0.15, 0.2) is 5.82 Å². The Morgan fingerprint density at radius 2 is 2.12 bits per heavy atom. The maximum atomic E-state index is 11.8. The van der Waals surface area contributed by atoms with E-state index in [1.165, 1.54) is 0 Å². The van der Waals surface area contributed by atoms with Gasteiger partial charge in [-0.05, 0) is 31.2 Å². The average Bonchev–Trinajstić information content (AvgIpc) is 2.83. The summed E-state index contributed by atoms with van der Waals surface area (Å²) in [6.07, 6.45) is 3.18. The first kappa shape index (κ1) is 10.4. The highest BCUT2D eigenvalue weighted by atomic mass is 16.5. The van der Waals surface area contributed by atoms with Crippen molar-refractivity contribution in [2.75, 3.05) is 6.61 Å². The molecule has 1 heterocycles. The fourth-order valence-corrected chi connectivity index (χ4v) is 1.40. The third-order valence-electron chi connectivity index (χ3n) is 2.14. The molecule has 16 heavy (non-hydrogen) atoms. The fourth-order valence-electron chi connectivity index (χ4n) is 1.40. The number of nitrogens with one attached hydrogen (secondary N) is 1. The SMILES string of the molecule is CCOc1ccc(C(=O)c2ncc[nH]2)cc1. The molecule has 0 aliphatic rings. The normalized spacial score (nSPS) is 10.1. The standard InChI is InChI=1S/C12H12N2O2/c1-2-16-10-5-3-9(4-6-10)11(15)12-13-7-8-14-12/h3-8H,2H2,1H3,(H,13,14). The number of ether oxygens (including phenoxy) is 1. The Kier molecular flexibility index (Phi) is 3.00. The molecular formula is C12H12N2O2. The molecule has 1 N–H and O–H groups in total. The highest BCUT2D eigenvalue weighted by molar-refractivity contribution is 6.06. The van der Waals surface area contributed by atoms with Crippen molar-refractivity contribution in [3.63, 3.8) is 0 Å². The number of ketones is 1. The van der Waals surface area contributed by atoms with Crippen molar-refractivity contribution >= 4 is 5.78 Å². The Hall–Kier alpha value is -2.10. The summed E-state index contributed by atoms with van der Waals surface area (Å²) in [5.41, 5.74) is 0.596. The zero-order valence-corrected chi connectivity index (χ0v) is 8.93. The quantitative estimate of drug-likeness (QED) is 0.796. The lowest BCUT2D eigenvalue weighted by atomic mass is 10.1. The van der Waals surface area contributed by atoms with Crippen LogP contribution in [0.25, 0.3) is 0 Å². The van der Waals surface area contributed by atoms with E-state index in [0.717, 1.165) is 5.75 Å². The van der Waals surface area contributed by atoms with Crippen LogP contribution in [-0.4, -0.2) is 22.4 Å². The summed E-state index contributed by atoms with van der Waals surface area (Å²) in [5.74, 6) is 0.996. The second kappa shape index (κ2) is 4.61. The molecule has 0 atom stereocenters. The number of imidazole rings is 1. The molecule has 2 rings (SSSR count). The van der Waals surface area contributed by atoms with Crippen LogP contribution >= 0.6 is 0 Å². The Morgan fingerprint density at radius 3 is 2.69 bits per heavy atom. The highest BCUT2D eigenvalue weighted by Crippen LogP contribution is 2.13. The number of carbonyl (C=O) groups is 1. The number of benzene rings is 1. The zero-order chi connectivity index (χ0) is 11.4. The van der Waals surface area contributed by atoms with Gasteiger partial charge in [0.05, 0.1) is 6.61 Å². The van der Waals surface area contributed by atoms with Crippen molar-refractivity contribution in [3.05, 3.63) is 48.0 Å². The van der Waals surface area contributed by atoms with Crippen LogP contribution in [0.1, 0.15) is 23.1 Å². The Balaban J connectivity index is 2.19. The van der Waals surface area contributed by atoms with Crippen LogP contribution in [0.5, 0.6) is 5.75 Å². The fraction of sp³-hybridized carbons (Fsp3) is 0.167. The van der Waals surface area contributed by atoms with Crippen molar-refractivity contribution in [1.82, 2.24) is 9.97 Å². The maximum absolute atomic E-state index is 11.8. The Morgan fingerprint density at radius 1 is 1.38 bits per heavy atom. The topological polar surface area (TPSA) is 55.0 Å². The molecule has 82 valence electrons. The minimum Gasteiger partial charge on any atom is -0.494 e. The summed E-state index contributed by atoms with van der Waals surface area (Å²) in [6.45, 7) is 2.54. The number of hydrogen-bond donors (Lipinski definition) is 1. The van der Waals surface area contributed by atoms with Crippen LogP contribution in [0.3, 0.4) is 0 Å². The van der Waals surface area contributed by atoms with Gasteiger partial charge >= 0.3 is 0 Å².